The van der Waals surface area contributed by atoms with Crippen molar-refractivity contribution >= 4 is 16.9 Å². The molecule has 0 aliphatic carbocycles. The number of carboxylic acid groups (broad SMARTS) is 1. The first-order chi connectivity index (χ1) is 12.4. The Morgan fingerprint density at radius 2 is 1.96 bits per heavy atom. The summed E-state index contributed by atoms with van der Waals surface area (Å²) < 4.78 is 11.2. The number of carboxylic acids is 1. The van der Waals surface area contributed by atoms with Gasteiger partial charge in [-0.2, -0.15) is 0 Å². The third-order valence-electron chi connectivity index (χ3n) is 4.03. The maximum absolute atomic E-state index is 11.0. The number of ether oxygens (including phenoxy) is 1. The lowest BCUT2D eigenvalue weighted by Crippen LogP contribution is -2.02. The van der Waals surface area contributed by atoms with Crippen LogP contribution in [0.25, 0.3) is 11.0 Å². The highest BCUT2D eigenvalue weighted by atomic mass is 16.5. The van der Waals surface area contributed by atoms with E-state index in [2.05, 4.69) is 0 Å². The Kier molecular flexibility index (Phi) is 4.73. The van der Waals surface area contributed by atoms with Crippen LogP contribution in [0.15, 0.2) is 41.0 Å². The van der Waals surface area contributed by atoms with Crippen molar-refractivity contribution in [1.29, 1.82) is 0 Å². The maximum atomic E-state index is 11.0. The van der Waals surface area contributed by atoms with Crippen LogP contribution in [0.1, 0.15) is 29.7 Å². The summed E-state index contributed by atoms with van der Waals surface area (Å²) in [6.45, 7) is 1.57. The molecule has 0 aliphatic heterocycles. The van der Waals surface area contributed by atoms with E-state index in [0.29, 0.717) is 33.4 Å². The fraction of sp³-hybridized carbons (Fsp3) is 0.211. The molecule has 0 spiro atoms. The molecule has 26 heavy (non-hydrogen) atoms. The number of fused-ring (bicyclic) bond motifs is 1. The minimum absolute atomic E-state index is 0.0139. The monoisotopic (exact) mass is 358 g/mol. The van der Waals surface area contributed by atoms with Crippen LogP contribution in [0.2, 0.25) is 0 Å². The number of furan rings is 1. The van der Waals surface area contributed by atoms with Crippen LogP contribution in [-0.4, -0.2) is 26.4 Å². The summed E-state index contributed by atoms with van der Waals surface area (Å²) in [5.74, 6) is -0.782. The highest BCUT2D eigenvalue weighted by molar-refractivity contribution is 5.89. The minimum Gasteiger partial charge on any atom is -0.508 e. The highest BCUT2D eigenvalue weighted by Crippen LogP contribution is 2.36. The van der Waals surface area contributed by atoms with Crippen molar-refractivity contribution in [3.8, 4) is 17.2 Å². The number of hydrogen-bond donors (Lipinski definition) is 4. The van der Waals surface area contributed by atoms with Crippen LogP contribution in [0.5, 0.6) is 17.2 Å². The number of aromatic hydroxyl groups is 2. The number of phenolic OH excluding ortho intramolecular Hbond substituents is 2. The first-order valence-corrected chi connectivity index (χ1v) is 7.93. The molecule has 7 heteroatoms. The second-order valence-electron chi connectivity index (χ2n) is 5.96. The van der Waals surface area contributed by atoms with Gasteiger partial charge in [0.15, 0.2) is 0 Å². The molecule has 2 aromatic carbocycles. The zero-order chi connectivity index (χ0) is 18.8. The molecule has 1 aromatic heterocycles. The molecule has 0 saturated heterocycles. The fourth-order valence-corrected chi connectivity index (χ4v) is 2.81. The second kappa shape index (κ2) is 6.97. The zero-order valence-electron chi connectivity index (χ0n) is 14.0. The van der Waals surface area contributed by atoms with Crippen LogP contribution in [-0.2, 0) is 17.8 Å². The average Bonchev–Trinajstić information content (AvgIpc) is 2.95. The van der Waals surface area contributed by atoms with Crippen molar-refractivity contribution in [3.05, 3.63) is 53.3 Å². The van der Waals surface area contributed by atoms with E-state index in [0.717, 1.165) is 0 Å². The largest absolute Gasteiger partial charge is 0.508 e. The van der Waals surface area contributed by atoms with Gasteiger partial charge in [0.25, 0.3) is 0 Å². The van der Waals surface area contributed by atoms with Gasteiger partial charge in [0.05, 0.1) is 24.4 Å². The fourth-order valence-electron chi connectivity index (χ4n) is 2.81. The van der Waals surface area contributed by atoms with E-state index < -0.39 is 12.1 Å². The number of benzene rings is 2. The lowest BCUT2D eigenvalue weighted by Gasteiger charge is -2.14. The van der Waals surface area contributed by atoms with Crippen molar-refractivity contribution in [1.82, 2.24) is 0 Å². The van der Waals surface area contributed by atoms with E-state index in [1.165, 1.54) is 24.5 Å². The molecule has 0 saturated carbocycles. The minimum atomic E-state index is -0.977. The van der Waals surface area contributed by atoms with Crippen LogP contribution in [0.3, 0.4) is 0 Å². The molecule has 1 heterocycles. The van der Waals surface area contributed by atoms with Gasteiger partial charge in [0.1, 0.15) is 29.4 Å². The van der Waals surface area contributed by atoms with Gasteiger partial charge in [0, 0.05) is 22.6 Å². The molecular formula is C19H18O7. The van der Waals surface area contributed by atoms with E-state index >= 15 is 0 Å². The third kappa shape index (κ3) is 3.43. The van der Waals surface area contributed by atoms with Crippen molar-refractivity contribution in [2.75, 3.05) is 0 Å². The molecule has 1 atom stereocenters. The molecular weight excluding hydrogens is 340 g/mol. The lowest BCUT2D eigenvalue weighted by molar-refractivity contribution is -0.136. The smallest absolute Gasteiger partial charge is 0.307 e. The predicted molar refractivity (Wildman–Crippen MR) is 92.3 cm³/mol. The molecule has 0 bridgehead atoms. The summed E-state index contributed by atoms with van der Waals surface area (Å²) in [6, 6.07) is 7.48. The molecule has 4 N–H and O–H groups in total. The van der Waals surface area contributed by atoms with Gasteiger partial charge >= 0.3 is 5.97 Å². The van der Waals surface area contributed by atoms with E-state index in [1.807, 2.05) is 0 Å². The number of aliphatic hydroxyl groups is 1. The van der Waals surface area contributed by atoms with Crippen LogP contribution < -0.4 is 4.74 Å². The van der Waals surface area contributed by atoms with Crippen molar-refractivity contribution in [2.45, 2.75) is 26.1 Å². The number of aliphatic hydroxyl groups excluding tert-OH is 1. The van der Waals surface area contributed by atoms with Crippen molar-refractivity contribution in [3.63, 3.8) is 0 Å². The van der Waals surface area contributed by atoms with E-state index in [-0.39, 0.29) is 24.5 Å². The number of hydrogen-bond acceptors (Lipinski definition) is 6. The Bertz CT molecular complexity index is 956. The molecule has 0 aliphatic rings. The van der Waals surface area contributed by atoms with Gasteiger partial charge in [0.2, 0.25) is 0 Å². The second-order valence-corrected chi connectivity index (χ2v) is 5.96. The van der Waals surface area contributed by atoms with Gasteiger partial charge in [-0.05, 0) is 31.2 Å². The van der Waals surface area contributed by atoms with Crippen molar-refractivity contribution in [2.24, 2.45) is 0 Å². The molecule has 0 amide bonds. The third-order valence-corrected chi connectivity index (χ3v) is 4.03. The topological polar surface area (TPSA) is 120 Å². The van der Waals surface area contributed by atoms with Gasteiger partial charge in [-0.3, -0.25) is 4.79 Å². The highest BCUT2D eigenvalue weighted by Gasteiger charge is 2.20. The summed E-state index contributed by atoms with van der Waals surface area (Å²) in [7, 11) is 0. The summed E-state index contributed by atoms with van der Waals surface area (Å²) in [6.07, 6.45) is 0.264. The summed E-state index contributed by atoms with van der Waals surface area (Å²) in [4.78, 5) is 11.0. The standard InChI is InChI=1S/C19H18O7/c1-10(20)18-16(25-8-11-2-3-13(21)7-15(11)22)5-4-14-12(6-17(23)24)9-26-19(14)18/h2-5,7,9-10,20-22H,6,8H2,1H3,(H,23,24). The van der Waals surface area contributed by atoms with Gasteiger partial charge in [-0.1, -0.05) is 0 Å². The van der Waals surface area contributed by atoms with Crippen LogP contribution in [0, 0.1) is 0 Å². The number of aliphatic carboxylic acids is 1. The van der Waals surface area contributed by atoms with E-state index in [9.17, 15) is 20.1 Å². The Hall–Kier alpha value is -3.19. The van der Waals surface area contributed by atoms with E-state index in [1.54, 1.807) is 19.1 Å². The first-order valence-electron chi connectivity index (χ1n) is 7.93. The van der Waals surface area contributed by atoms with E-state index in [4.69, 9.17) is 14.3 Å². The SMILES string of the molecule is CC(O)c1c(OCc2ccc(O)cc2O)ccc2c(CC(=O)O)coc12. The molecule has 136 valence electrons. The molecule has 1 unspecified atom stereocenters. The normalized spacial score (nSPS) is 12.2. The number of rotatable bonds is 6. The Balaban J connectivity index is 1.95. The van der Waals surface area contributed by atoms with Gasteiger partial charge in [-0.15, -0.1) is 0 Å². The molecule has 3 rings (SSSR count). The number of phenols is 2. The molecule has 0 radical (unpaired) electrons. The van der Waals surface area contributed by atoms with Gasteiger partial charge < -0.3 is 29.6 Å². The summed E-state index contributed by atoms with van der Waals surface area (Å²) >= 11 is 0. The maximum Gasteiger partial charge on any atom is 0.307 e. The quantitative estimate of drug-likeness (QED) is 0.534. The first kappa shape index (κ1) is 17.6. The van der Waals surface area contributed by atoms with Crippen molar-refractivity contribution < 1.29 is 34.4 Å². The molecule has 7 nitrogen and oxygen atoms in total. The molecule has 3 aromatic rings. The average molecular weight is 358 g/mol. The predicted octanol–water partition coefficient (Wildman–Crippen LogP) is 3.10. The van der Waals surface area contributed by atoms with Crippen LogP contribution >= 0.6 is 0 Å². The Labute approximate surface area is 148 Å². The number of carbonyl (C=O) groups is 1. The van der Waals surface area contributed by atoms with Gasteiger partial charge in [-0.25, -0.2) is 0 Å². The lowest BCUT2D eigenvalue weighted by atomic mass is 10.0. The Morgan fingerprint density at radius 1 is 1.19 bits per heavy atom. The Morgan fingerprint density at radius 3 is 2.62 bits per heavy atom. The molecule has 0 fully saturated rings. The van der Waals surface area contributed by atoms with Crippen LogP contribution in [0.4, 0.5) is 0 Å². The summed E-state index contributed by atoms with van der Waals surface area (Å²) in [5, 5.41) is 38.9. The zero-order valence-corrected chi connectivity index (χ0v) is 14.0. The summed E-state index contributed by atoms with van der Waals surface area (Å²) in [5.41, 5.74) is 1.74.